The fourth-order valence-corrected chi connectivity index (χ4v) is 1.20. The van der Waals surface area contributed by atoms with Crippen LogP contribution in [0, 0.1) is 30.3 Å². The van der Waals surface area contributed by atoms with Gasteiger partial charge in [-0.05, 0) is 0 Å². The van der Waals surface area contributed by atoms with Crippen LogP contribution in [0.4, 0.5) is 0 Å². The van der Waals surface area contributed by atoms with Gasteiger partial charge in [-0.15, -0.1) is 30.3 Å². The number of hydrogen-bond acceptors (Lipinski definition) is 12. The van der Waals surface area contributed by atoms with Crippen LogP contribution in [0.25, 0.3) is 0 Å². The second-order valence-electron chi connectivity index (χ2n) is 3.76. The average molecular weight is 390 g/mol. The average Bonchev–Trinajstić information content (AvgIpc) is 2.47. The SMILES string of the molecule is CC(=O)N[C@@H](CS)C(=O)O.O=[N+]([O-])OCC(CO[N+](=O)[O-])O[N+](=O)[O-]. The first kappa shape index (κ1) is 24.1. The van der Waals surface area contributed by atoms with E-state index in [1.54, 1.807) is 0 Å². The molecule has 1 amide bonds. The van der Waals surface area contributed by atoms with Crippen LogP contribution in [0.15, 0.2) is 0 Å². The highest BCUT2D eigenvalue weighted by atomic mass is 32.1. The number of thiol groups is 1. The number of carbonyl (C=O) groups excluding carboxylic acids is 1. The minimum absolute atomic E-state index is 0.106. The van der Waals surface area contributed by atoms with E-state index in [2.05, 4.69) is 32.5 Å². The highest BCUT2D eigenvalue weighted by Gasteiger charge is 2.17. The Labute approximate surface area is 143 Å². The molecular formula is C8H14N4O12S. The van der Waals surface area contributed by atoms with Gasteiger partial charge in [0.25, 0.3) is 15.3 Å². The molecule has 0 aliphatic carbocycles. The first-order chi connectivity index (χ1) is 11.5. The molecule has 144 valence electrons. The third kappa shape index (κ3) is 17.1. The number of aliphatic carboxylic acids is 1. The summed E-state index contributed by atoms with van der Waals surface area (Å²) in [6.45, 7) is -0.428. The number of rotatable bonds is 11. The first-order valence-corrected chi connectivity index (χ1v) is 6.59. The molecule has 0 rings (SSSR count). The zero-order chi connectivity index (χ0) is 20.0. The van der Waals surface area contributed by atoms with E-state index in [1.165, 1.54) is 6.92 Å². The lowest BCUT2D eigenvalue weighted by Crippen LogP contribution is -2.40. The Morgan fingerprint density at radius 2 is 1.52 bits per heavy atom. The molecule has 0 unspecified atom stereocenters. The Morgan fingerprint density at radius 3 is 1.72 bits per heavy atom. The third-order valence-electron chi connectivity index (χ3n) is 1.82. The van der Waals surface area contributed by atoms with Gasteiger partial charge in [0, 0.05) is 12.7 Å². The van der Waals surface area contributed by atoms with Gasteiger partial charge in [-0.25, -0.2) is 4.79 Å². The Morgan fingerprint density at radius 1 is 1.08 bits per heavy atom. The van der Waals surface area contributed by atoms with E-state index in [0.717, 1.165) is 0 Å². The van der Waals surface area contributed by atoms with Crippen molar-refractivity contribution in [2.45, 2.75) is 19.1 Å². The second-order valence-corrected chi connectivity index (χ2v) is 4.13. The predicted octanol–water partition coefficient (Wildman–Crippen LogP) is -1.51. The highest BCUT2D eigenvalue weighted by molar-refractivity contribution is 7.80. The summed E-state index contributed by atoms with van der Waals surface area (Å²) in [5, 5.41) is 36.1. The number of carboxylic acids is 1. The summed E-state index contributed by atoms with van der Waals surface area (Å²) in [5.41, 5.74) is 0. The van der Waals surface area contributed by atoms with E-state index in [9.17, 15) is 39.9 Å². The molecule has 0 aromatic rings. The monoisotopic (exact) mass is 390 g/mol. The summed E-state index contributed by atoms with van der Waals surface area (Å²) in [6, 6.07) is -0.874. The van der Waals surface area contributed by atoms with Gasteiger partial charge in [0.15, 0.2) is 6.10 Å². The van der Waals surface area contributed by atoms with Crippen molar-refractivity contribution in [3.05, 3.63) is 30.3 Å². The number of nitrogens with one attached hydrogen (secondary N) is 1. The Kier molecular flexibility index (Phi) is 12.9. The number of nitrogens with zero attached hydrogens (tertiary/aromatic N) is 3. The molecule has 0 spiro atoms. The maximum atomic E-state index is 10.3. The molecule has 0 radical (unpaired) electrons. The van der Waals surface area contributed by atoms with E-state index < -0.39 is 46.6 Å². The van der Waals surface area contributed by atoms with Crippen LogP contribution >= 0.6 is 12.6 Å². The topological polar surface area (TPSA) is 224 Å². The van der Waals surface area contributed by atoms with E-state index in [1.807, 2.05) is 0 Å². The van der Waals surface area contributed by atoms with Crippen molar-refractivity contribution in [2.75, 3.05) is 19.0 Å². The van der Waals surface area contributed by atoms with Gasteiger partial charge in [0.1, 0.15) is 19.3 Å². The van der Waals surface area contributed by atoms with Gasteiger partial charge < -0.3 is 24.9 Å². The molecular weight excluding hydrogens is 376 g/mol. The molecule has 0 saturated heterocycles. The normalized spacial score (nSPS) is 10.5. The fraction of sp³-hybridized carbons (Fsp3) is 0.750. The molecule has 1 atom stereocenters. The van der Waals surface area contributed by atoms with Crippen molar-refractivity contribution in [3.63, 3.8) is 0 Å². The number of hydrogen-bond donors (Lipinski definition) is 3. The van der Waals surface area contributed by atoms with Crippen LogP contribution in [0.5, 0.6) is 0 Å². The predicted molar refractivity (Wildman–Crippen MR) is 76.9 cm³/mol. The molecule has 0 bridgehead atoms. The van der Waals surface area contributed by atoms with Crippen molar-refractivity contribution in [1.29, 1.82) is 0 Å². The summed E-state index contributed by atoms with van der Waals surface area (Å²) in [7, 11) is 0. The third-order valence-corrected chi connectivity index (χ3v) is 2.19. The van der Waals surface area contributed by atoms with Crippen molar-refractivity contribution < 1.29 is 44.5 Å². The molecule has 0 saturated carbocycles. The quantitative estimate of drug-likeness (QED) is 0.208. The molecule has 0 aliphatic heterocycles. The standard InChI is InChI=1S/C5H9NO3S.C3H5N3O9/c1-3(7)6-4(2-10)5(8)9;7-4(8)13-1-3(15-6(11)12)2-14-5(9)10/h4,10H,2H2,1H3,(H,6,7)(H,8,9);3H,1-2H2/t4-;/m0./s1. The number of carbonyl (C=O) groups is 2. The summed E-state index contributed by atoms with van der Waals surface area (Å²) < 4.78 is 0. The van der Waals surface area contributed by atoms with Crippen LogP contribution in [-0.2, 0) is 24.1 Å². The van der Waals surface area contributed by atoms with Crippen LogP contribution in [-0.4, -0.2) is 63.4 Å². The van der Waals surface area contributed by atoms with Gasteiger partial charge in [0.05, 0.1) is 0 Å². The zero-order valence-corrected chi connectivity index (χ0v) is 13.4. The molecule has 25 heavy (non-hydrogen) atoms. The minimum Gasteiger partial charge on any atom is -0.480 e. The van der Waals surface area contributed by atoms with Gasteiger partial charge in [-0.2, -0.15) is 12.6 Å². The summed E-state index contributed by atoms with van der Waals surface area (Å²) in [5.74, 6) is -1.32. The summed E-state index contributed by atoms with van der Waals surface area (Å²) in [4.78, 5) is 61.0. The minimum atomic E-state index is -1.55. The van der Waals surface area contributed by atoms with Gasteiger partial charge >= 0.3 is 5.97 Å². The Bertz CT molecular complexity index is 470. The van der Waals surface area contributed by atoms with Crippen LogP contribution in [0.3, 0.4) is 0 Å². The molecule has 16 nitrogen and oxygen atoms in total. The molecule has 0 fully saturated rings. The second kappa shape index (κ2) is 13.3. The Balaban J connectivity index is 0. The van der Waals surface area contributed by atoms with Gasteiger partial charge in [0.2, 0.25) is 5.91 Å². The molecule has 0 aromatic heterocycles. The van der Waals surface area contributed by atoms with Crippen LogP contribution in [0.1, 0.15) is 6.92 Å². The summed E-state index contributed by atoms with van der Waals surface area (Å²) >= 11 is 3.73. The molecule has 0 aliphatic rings. The maximum absolute atomic E-state index is 10.3. The fourth-order valence-electron chi connectivity index (χ4n) is 0.950. The molecule has 2 N–H and O–H groups in total. The van der Waals surface area contributed by atoms with E-state index in [-0.39, 0.29) is 11.7 Å². The lowest BCUT2D eigenvalue weighted by molar-refractivity contribution is -0.803. The van der Waals surface area contributed by atoms with Gasteiger partial charge in [-0.1, -0.05) is 0 Å². The van der Waals surface area contributed by atoms with E-state index in [4.69, 9.17) is 5.11 Å². The highest BCUT2D eigenvalue weighted by Crippen LogP contribution is 1.96. The Hall–Kier alpha value is -3.11. The van der Waals surface area contributed by atoms with Crippen molar-refractivity contribution in [3.8, 4) is 0 Å². The van der Waals surface area contributed by atoms with Crippen molar-refractivity contribution in [2.24, 2.45) is 0 Å². The molecule has 0 heterocycles. The summed E-state index contributed by atoms with van der Waals surface area (Å²) in [6.07, 6.45) is -1.55. The number of carboxylic acid groups (broad SMARTS) is 1. The number of amides is 1. The molecule has 17 heteroatoms. The molecule has 0 aromatic carbocycles. The first-order valence-electron chi connectivity index (χ1n) is 5.96. The smallest absolute Gasteiger partial charge is 0.327 e. The largest absolute Gasteiger partial charge is 0.480 e. The van der Waals surface area contributed by atoms with E-state index in [0.29, 0.717) is 0 Å². The lowest BCUT2D eigenvalue weighted by Gasteiger charge is -2.11. The van der Waals surface area contributed by atoms with Crippen LogP contribution < -0.4 is 5.32 Å². The van der Waals surface area contributed by atoms with Gasteiger partial charge in [-0.3, -0.25) is 4.79 Å². The van der Waals surface area contributed by atoms with E-state index >= 15 is 0 Å². The zero-order valence-electron chi connectivity index (χ0n) is 12.5. The van der Waals surface area contributed by atoms with Crippen molar-refractivity contribution in [1.82, 2.24) is 5.32 Å². The van der Waals surface area contributed by atoms with Crippen molar-refractivity contribution >= 4 is 24.5 Å². The lowest BCUT2D eigenvalue weighted by atomic mass is 10.3. The van der Waals surface area contributed by atoms with Crippen LogP contribution in [0.2, 0.25) is 0 Å². The maximum Gasteiger partial charge on any atom is 0.327 e.